The van der Waals surface area contributed by atoms with E-state index in [9.17, 15) is 4.79 Å². The van der Waals surface area contributed by atoms with Crippen LogP contribution in [-0.4, -0.2) is 23.6 Å². The quantitative estimate of drug-likeness (QED) is 0.881. The van der Waals surface area contributed by atoms with Gasteiger partial charge in [-0.2, -0.15) is 4.98 Å². The molecule has 6 heteroatoms. The summed E-state index contributed by atoms with van der Waals surface area (Å²) >= 11 is 3.42. The summed E-state index contributed by atoms with van der Waals surface area (Å²) in [4.78, 5) is 20.7. The first kappa shape index (κ1) is 13.3. The monoisotopic (exact) mass is 334 g/mol. The van der Waals surface area contributed by atoms with Gasteiger partial charge in [0.1, 0.15) is 5.82 Å². The Hall–Kier alpha value is -1.66. The number of halogens is 1. The van der Waals surface area contributed by atoms with Gasteiger partial charge in [-0.15, -0.1) is 0 Å². The predicted molar refractivity (Wildman–Crippen MR) is 82.5 cm³/mol. The Morgan fingerprint density at radius 2 is 2.05 bits per heavy atom. The second-order valence-electron chi connectivity index (χ2n) is 4.78. The normalized spacial score (nSPS) is 13.9. The molecule has 0 atom stereocenters. The Morgan fingerprint density at radius 3 is 2.80 bits per heavy atom. The third kappa shape index (κ3) is 2.48. The Morgan fingerprint density at radius 1 is 1.30 bits per heavy atom. The summed E-state index contributed by atoms with van der Waals surface area (Å²) in [6.45, 7) is 1.61. The Kier molecular flexibility index (Phi) is 3.58. The molecule has 0 unspecified atom stereocenters. The molecule has 0 saturated heterocycles. The van der Waals surface area contributed by atoms with Crippen LogP contribution in [0.3, 0.4) is 0 Å². The maximum atomic E-state index is 11.7. The lowest BCUT2D eigenvalue weighted by atomic mass is 10.1. The van der Waals surface area contributed by atoms with Gasteiger partial charge in [0.2, 0.25) is 0 Å². The van der Waals surface area contributed by atoms with Gasteiger partial charge in [-0.3, -0.25) is 0 Å². The van der Waals surface area contributed by atoms with Crippen molar-refractivity contribution in [3.63, 3.8) is 0 Å². The number of anilines is 2. The first-order chi connectivity index (χ1) is 9.65. The molecular weight excluding hydrogens is 320 g/mol. The summed E-state index contributed by atoms with van der Waals surface area (Å²) in [6, 6.07) is 7.94. The van der Waals surface area contributed by atoms with Crippen LogP contribution in [0.15, 0.2) is 33.5 Å². The Balaban J connectivity index is 2.07. The molecule has 3 rings (SSSR count). The van der Waals surface area contributed by atoms with E-state index < -0.39 is 0 Å². The molecular formula is C14H15BrN4O. The molecule has 0 saturated carbocycles. The molecule has 0 aliphatic carbocycles. The highest BCUT2D eigenvalue weighted by molar-refractivity contribution is 9.10. The highest BCUT2D eigenvalue weighted by Gasteiger charge is 2.19. The number of H-pyrrole nitrogens is 1. The lowest BCUT2D eigenvalue weighted by molar-refractivity contribution is 0.622. The second-order valence-corrected chi connectivity index (χ2v) is 5.70. The highest BCUT2D eigenvalue weighted by Crippen LogP contribution is 2.27. The fourth-order valence-corrected chi connectivity index (χ4v) is 2.69. The van der Waals surface area contributed by atoms with Crippen molar-refractivity contribution >= 4 is 27.4 Å². The van der Waals surface area contributed by atoms with E-state index in [1.165, 1.54) is 0 Å². The predicted octanol–water partition coefficient (Wildman–Crippen LogP) is 1.95. The van der Waals surface area contributed by atoms with Gasteiger partial charge < -0.3 is 15.2 Å². The highest BCUT2D eigenvalue weighted by atomic mass is 79.9. The molecule has 2 N–H and O–H groups in total. The van der Waals surface area contributed by atoms with E-state index in [2.05, 4.69) is 31.2 Å². The first-order valence-corrected chi connectivity index (χ1v) is 7.26. The molecule has 0 bridgehead atoms. The van der Waals surface area contributed by atoms with Crippen molar-refractivity contribution in [1.82, 2.24) is 15.3 Å². The summed E-state index contributed by atoms with van der Waals surface area (Å²) in [5, 5.41) is 3.32. The Labute approximate surface area is 125 Å². The van der Waals surface area contributed by atoms with Crippen molar-refractivity contribution in [3.05, 3.63) is 50.5 Å². The standard InChI is InChI=1S/C14H15BrN4O/c1-19(10-4-2-9(15)3-5-10)13-11-8-16-7-6-12(11)17-14(20)18-13/h2-5,16H,6-8H2,1H3,(H,17,18,20). The van der Waals surface area contributed by atoms with Crippen molar-refractivity contribution in [2.75, 3.05) is 18.5 Å². The number of rotatable bonds is 2. The third-order valence-electron chi connectivity index (χ3n) is 3.48. The average molecular weight is 335 g/mol. The topological polar surface area (TPSA) is 61.0 Å². The van der Waals surface area contributed by atoms with Crippen molar-refractivity contribution in [3.8, 4) is 0 Å². The zero-order valence-corrected chi connectivity index (χ0v) is 12.7. The number of aromatic nitrogens is 2. The van der Waals surface area contributed by atoms with Gasteiger partial charge in [0.05, 0.1) is 0 Å². The van der Waals surface area contributed by atoms with E-state index in [1.54, 1.807) is 0 Å². The van der Waals surface area contributed by atoms with Gasteiger partial charge in [0.15, 0.2) is 0 Å². The van der Waals surface area contributed by atoms with Gasteiger partial charge in [0.25, 0.3) is 0 Å². The summed E-state index contributed by atoms with van der Waals surface area (Å²) in [6.07, 6.45) is 0.828. The molecule has 0 radical (unpaired) electrons. The van der Waals surface area contributed by atoms with Gasteiger partial charge in [-0.1, -0.05) is 15.9 Å². The smallest absolute Gasteiger partial charge is 0.329 e. The van der Waals surface area contributed by atoms with Crippen LogP contribution in [0.5, 0.6) is 0 Å². The van der Waals surface area contributed by atoms with Crippen molar-refractivity contribution in [2.45, 2.75) is 13.0 Å². The molecule has 104 valence electrons. The van der Waals surface area contributed by atoms with Crippen LogP contribution in [0.4, 0.5) is 11.5 Å². The molecule has 2 aromatic rings. The van der Waals surface area contributed by atoms with Crippen molar-refractivity contribution in [1.29, 1.82) is 0 Å². The number of benzene rings is 1. The van der Waals surface area contributed by atoms with E-state index >= 15 is 0 Å². The summed E-state index contributed by atoms with van der Waals surface area (Å²) < 4.78 is 1.03. The van der Waals surface area contributed by atoms with Crippen LogP contribution < -0.4 is 15.9 Å². The van der Waals surface area contributed by atoms with Crippen LogP contribution in [0.2, 0.25) is 0 Å². The molecule has 5 nitrogen and oxygen atoms in total. The fraction of sp³-hybridized carbons (Fsp3) is 0.286. The van der Waals surface area contributed by atoms with E-state index in [4.69, 9.17) is 0 Å². The van der Waals surface area contributed by atoms with E-state index in [-0.39, 0.29) is 5.69 Å². The van der Waals surface area contributed by atoms with Gasteiger partial charge >= 0.3 is 5.69 Å². The largest absolute Gasteiger partial charge is 0.347 e. The van der Waals surface area contributed by atoms with E-state index in [0.717, 1.165) is 46.7 Å². The number of hydrogen-bond acceptors (Lipinski definition) is 4. The van der Waals surface area contributed by atoms with Gasteiger partial charge in [-0.25, -0.2) is 4.79 Å². The molecule has 2 heterocycles. The van der Waals surface area contributed by atoms with E-state index in [0.29, 0.717) is 0 Å². The maximum Gasteiger partial charge on any atom is 0.347 e. The van der Waals surface area contributed by atoms with Crippen molar-refractivity contribution < 1.29 is 0 Å². The fourth-order valence-electron chi connectivity index (χ4n) is 2.42. The van der Waals surface area contributed by atoms with Crippen LogP contribution in [-0.2, 0) is 13.0 Å². The molecule has 0 spiro atoms. The first-order valence-electron chi connectivity index (χ1n) is 6.47. The summed E-state index contributed by atoms with van der Waals surface area (Å²) in [5.41, 5.74) is 2.77. The minimum absolute atomic E-state index is 0.287. The van der Waals surface area contributed by atoms with Crippen LogP contribution in [0.25, 0.3) is 0 Å². The third-order valence-corrected chi connectivity index (χ3v) is 4.01. The molecule has 20 heavy (non-hydrogen) atoms. The zero-order chi connectivity index (χ0) is 14.1. The molecule has 1 aliphatic heterocycles. The number of nitrogens with one attached hydrogen (secondary N) is 2. The summed E-state index contributed by atoms with van der Waals surface area (Å²) in [7, 11) is 1.93. The van der Waals surface area contributed by atoms with Gasteiger partial charge in [-0.05, 0) is 24.3 Å². The zero-order valence-electron chi connectivity index (χ0n) is 11.1. The molecule has 1 aromatic heterocycles. The minimum atomic E-state index is -0.287. The molecule has 1 aromatic carbocycles. The van der Waals surface area contributed by atoms with Crippen LogP contribution in [0, 0.1) is 0 Å². The number of fused-ring (bicyclic) bond motifs is 1. The molecule has 0 amide bonds. The number of hydrogen-bond donors (Lipinski definition) is 2. The SMILES string of the molecule is CN(c1ccc(Br)cc1)c1nc(=O)[nH]c2c1CNCC2. The average Bonchev–Trinajstić information content (AvgIpc) is 2.46. The van der Waals surface area contributed by atoms with Crippen LogP contribution >= 0.6 is 15.9 Å². The molecule has 0 fully saturated rings. The molecule has 1 aliphatic rings. The van der Waals surface area contributed by atoms with Crippen LogP contribution in [0.1, 0.15) is 11.3 Å². The van der Waals surface area contributed by atoms with Crippen molar-refractivity contribution in [2.24, 2.45) is 0 Å². The second kappa shape index (κ2) is 5.38. The lowest BCUT2D eigenvalue weighted by Gasteiger charge is -2.25. The number of aromatic amines is 1. The summed E-state index contributed by atoms with van der Waals surface area (Å²) in [5.74, 6) is 0.721. The lowest BCUT2D eigenvalue weighted by Crippen LogP contribution is -2.31. The van der Waals surface area contributed by atoms with Gasteiger partial charge in [0, 0.05) is 48.0 Å². The minimum Gasteiger partial charge on any atom is -0.329 e. The maximum absolute atomic E-state index is 11.7. The Bertz CT molecular complexity index is 681. The van der Waals surface area contributed by atoms with E-state index in [1.807, 2.05) is 36.2 Å². The number of nitrogens with zero attached hydrogens (tertiary/aromatic N) is 2.